The number of morpholine rings is 1. The molecule has 1 heterocycles. The Labute approximate surface area is 115 Å². The number of nitrogens with two attached hydrogens (primary N) is 1. The van der Waals surface area contributed by atoms with Gasteiger partial charge in [-0.1, -0.05) is 17.7 Å². The molecule has 1 aliphatic heterocycles. The zero-order valence-corrected chi connectivity index (χ0v) is 12.1. The van der Waals surface area contributed by atoms with Gasteiger partial charge in [0.2, 0.25) is 0 Å². The van der Waals surface area contributed by atoms with Gasteiger partial charge in [0.25, 0.3) is 0 Å². The number of methoxy groups -OCH3 is 1. The van der Waals surface area contributed by atoms with Crippen molar-refractivity contribution >= 4 is 0 Å². The van der Waals surface area contributed by atoms with Crippen molar-refractivity contribution in [1.29, 1.82) is 0 Å². The summed E-state index contributed by atoms with van der Waals surface area (Å²) < 4.78 is 11.2. The van der Waals surface area contributed by atoms with Gasteiger partial charge in [0.05, 0.1) is 19.8 Å². The molecule has 1 aliphatic rings. The third-order valence-corrected chi connectivity index (χ3v) is 3.67. The van der Waals surface area contributed by atoms with E-state index in [4.69, 9.17) is 15.2 Å². The molecule has 0 aromatic heterocycles. The van der Waals surface area contributed by atoms with Crippen molar-refractivity contribution in [2.24, 2.45) is 5.73 Å². The highest BCUT2D eigenvalue weighted by atomic mass is 16.5. The number of hydrogen-bond acceptors (Lipinski definition) is 4. The number of likely N-dealkylation sites (N-methyl/N-ethyl adjacent to an activating group) is 1. The first-order valence-corrected chi connectivity index (χ1v) is 6.79. The number of aryl methyl sites for hydroxylation is 1. The van der Waals surface area contributed by atoms with Crippen molar-refractivity contribution in [1.82, 2.24) is 4.90 Å². The molecule has 19 heavy (non-hydrogen) atoms. The topological polar surface area (TPSA) is 47.7 Å². The predicted octanol–water partition coefficient (Wildman–Crippen LogP) is 1.20. The van der Waals surface area contributed by atoms with E-state index in [1.54, 1.807) is 7.11 Å². The predicted molar refractivity (Wildman–Crippen MR) is 76.6 cm³/mol. The fourth-order valence-electron chi connectivity index (χ4n) is 2.52. The van der Waals surface area contributed by atoms with Gasteiger partial charge < -0.3 is 20.1 Å². The summed E-state index contributed by atoms with van der Waals surface area (Å²) in [4.78, 5) is 2.27. The molecule has 1 aromatic rings. The summed E-state index contributed by atoms with van der Waals surface area (Å²) in [6.45, 7) is 4.73. The molecule has 4 nitrogen and oxygen atoms in total. The van der Waals surface area contributed by atoms with Crippen LogP contribution in [0.1, 0.15) is 11.1 Å². The second kappa shape index (κ2) is 6.37. The maximum Gasteiger partial charge on any atom is 0.122 e. The van der Waals surface area contributed by atoms with E-state index in [-0.39, 0.29) is 12.1 Å². The molecule has 0 bridgehead atoms. The van der Waals surface area contributed by atoms with Crippen LogP contribution in [-0.2, 0) is 11.2 Å². The first-order valence-electron chi connectivity index (χ1n) is 6.79. The van der Waals surface area contributed by atoms with E-state index in [2.05, 4.69) is 31.0 Å². The largest absolute Gasteiger partial charge is 0.496 e. The Balaban J connectivity index is 2.05. The molecular formula is C15H24N2O2. The molecule has 0 aliphatic carbocycles. The van der Waals surface area contributed by atoms with Crippen molar-refractivity contribution in [2.45, 2.75) is 25.5 Å². The summed E-state index contributed by atoms with van der Waals surface area (Å²) >= 11 is 0. The van der Waals surface area contributed by atoms with E-state index in [0.29, 0.717) is 0 Å². The highest BCUT2D eigenvalue weighted by Gasteiger charge is 2.24. The van der Waals surface area contributed by atoms with Crippen molar-refractivity contribution in [3.8, 4) is 5.75 Å². The zero-order chi connectivity index (χ0) is 13.8. The van der Waals surface area contributed by atoms with Crippen LogP contribution in [0.3, 0.4) is 0 Å². The summed E-state index contributed by atoms with van der Waals surface area (Å²) in [6.07, 6.45) is 0.882. The molecule has 0 spiro atoms. The van der Waals surface area contributed by atoms with Crippen LogP contribution in [0.25, 0.3) is 0 Å². The quantitative estimate of drug-likeness (QED) is 0.888. The van der Waals surface area contributed by atoms with E-state index in [1.165, 1.54) is 5.56 Å². The van der Waals surface area contributed by atoms with Gasteiger partial charge in [-0.3, -0.25) is 0 Å². The SMILES string of the molecule is COc1ccc(C)cc1CC(N)C1CN(C)CCO1. The fourth-order valence-corrected chi connectivity index (χ4v) is 2.52. The molecule has 0 saturated carbocycles. The summed E-state index contributed by atoms with van der Waals surface area (Å²) in [5.41, 5.74) is 8.69. The van der Waals surface area contributed by atoms with Gasteiger partial charge in [-0.25, -0.2) is 0 Å². The number of hydrogen-bond donors (Lipinski definition) is 1. The van der Waals surface area contributed by atoms with Crippen molar-refractivity contribution < 1.29 is 9.47 Å². The summed E-state index contributed by atoms with van der Waals surface area (Å²) in [5, 5.41) is 0. The molecule has 106 valence electrons. The van der Waals surface area contributed by atoms with Crippen LogP contribution in [0.5, 0.6) is 5.75 Å². The Bertz CT molecular complexity index is 423. The molecule has 0 radical (unpaired) electrons. The molecule has 2 unspecified atom stereocenters. The monoisotopic (exact) mass is 264 g/mol. The van der Waals surface area contributed by atoms with Gasteiger partial charge in [-0.05, 0) is 32.0 Å². The fraction of sp³-hybridized carbons (Fsp3) is 0.600. The van der Waals surface area contributed by atoms with Gasteiger partial charge in [0.15, 0.2) is 0 Å². The lowest BCUT2D eigenvalue weighted by Crippen LogP contribution is -2.50. The smallest absolute Gasteiger partial charge is 0.122 e. The highest BCUT2D eigenvalue weighted by Crippen LogP contribution is 2.22. The standard InChI is InChI=1S/C15H24N2O2/c1-11-4-5-14(18-3)12(8-11)9-13(16)15-10-17(2)6-7-19-15/h4-5,8,13,15H,6-7,9-10,16H2,1-3H3. The average Bonchev–Trinajstić information content (AvgIpc) is 2.39. The normalized spacial score (nSPS) is 22.2. The van der Waals surface area contributed by atoms with Crippen molar-refractivity contribution in [3.63, 3.8) is 0 Å². The molecule has 2 N–H and O–H groups in total. The highest BCUT2D eigenvalue weighted by molar-refractivity contribution is 5.37. The van der Waals surface area contributed by atoms with Crippen molar-refractivity contribution in [2.75, 3.05) is 33.9 Å². The second-order valence-electron chi connectivity index (χ2n) is 5.35. The van der Waals surface area contributed by atoms with Crippen LogP contribution < -0.4 is 10.5 Å². The Morgan fingerprint density at radius 3 is 3.00 bits per heavy atom. The molecule has 2 rings (SSSR count). The van der Waals surface area contributed by atoms with Crippen LogP contribution in [0, 0.1) is 6.92 Å². The first kappa shape index (κ1) is 14.3. The summed E-state index contributed by atoms with van der Waals surface area (Å²) in [7, 11) is 3.81. The zero-order valence-electron chi connectivity index (χ0n) is 12.1. The lowest BCUT2D eigenvalue weighted by Gasteiger charge is -2.33. The minimum absolute atomic E-state index is 0.00144. The molecule has 2 atom stereocenters. The Morgan fingerprint density at radius 1 is 1.53 bits per heavy atom. The Morgan fingerprint density at radius 2 is 2.32 bits per heavy atom. The summed E-state index contributed by atoms with van der Waals surface area (Å²) in [6, 6.07) is 6.20. The minimum atomic E-state index is -0.00144. The van der Waals surface area contributed by atoms with Crippen LogP contribution in [0.4, 0.5) is 0 Å². The van der Waals surface area contributed by atoms with Gasteiger partial charge in [0.1, 0.15) is 5.75 Å². The first-order chi connectivity index (χ1) is 9.10. The third kappa shape index (κ3) is 3.69. The molecule has 0 amide bonds. The van der Waals surface area contributed by atoms with Crippen LogP contribution in [0.15, 0.2) is 18.2 Å². The lowest BCUT2D eigenvalue weighted by atomic mass is 9.99. The summed E-state index contributed by atoms with van der Waals surface area (Å²) in [5.74, 6) is 0.908. The number of ether oxygens (including phenoxy) is 2. The minimum Gasteiger partial charge on any atom is -0.496 e. The van der Waals surface area contributed by atoms with Gasteiger partial charge >= 0.3 is 0 Å². The third-order valence-electron chi connectivity index (χ3n) is 3.67. The lowest BCUT2D eigenvalue weighted by molar-refractivity contribution is -0.0319. The van der Waals surface area contributed by atoms with E-state index in [0.717, 1.165) is 37.4 Å². The number of rotatable bonds is 4. The molecule has 1 fully saturated rings. The molecule has 1 aromatic carbocycles. The van der Waals surface area contributed by atoms with E-state index in [9.17, 15) is 0 Å². The van der Waals surface area contributed by atoms with Crippen molar-refractivity contribution in [3.05, 3.63) is 29.3 Å². The second-order valence-corrected chi connectivity index (χ2v) is 5.35. The Hall–Kier alpha value is -1.10. The van der Waals surface area contributed by atoms with Crippen LogP contribution in [-0.4, -0.2) is 50.9 Å². The molecule has 4 heteroatoms. The maximum atomic E-state index is 6.31. The van der Waals surface area contributed by atoms with Gasteiger partial charge in [-0.15, -0.1) is 0 Å². The molecule has 1 saturated heterocycles. The van der Waals surface area contributed by atoms with E-state index < -0.39 is 0 Å². The average molecular weight is 264 g/mol. The van der Waals surface area contributed by atoms with Crippen LogP contribution in [0.2, 0.25) is 0 Å². The van der Waals surface area contributed by atoms with E-state index >= 15 is 0 Å². The van der Waals surface area contributed by atoms with Gasteiger partial charge in [-0.2, -0.15) is 0 Å². The Kier molecular flexibility index (Phi) is 4.80. The number of nitrogens with zero attached hydrogens (tertiary/aromatic N) is 1. The van der Waals surface area contributed by atoms with E-state index in [1.807, 2.05) is 6.07 Å². The number of benzene rings is 1. The van der Waals surface area contributed by atoms with Crippen LogP contribution >= 0.6 is 0 Å². The maximum absolute atomic E-state index is 6.31. The molecular weight excluding hydrogens is 240 g/mol. The van der Waals surface area contributed by atoms with Gasteiger partial charge in [0, 0.05) is 19.1 Å².